The third-order valence-electron chi connectivity index (χ3n) is 3.46. The highest BCUT2D eigenvalue weighted by atomic mass is 16.4. The summed E-state index contributed by atoms with van der Waals surface area (Å²) in [4.78, 5) is 23.0. The summed E-state index contributed by atoms with van der Waals surface area (Å²) in [7, 11) is 0. The Kier molecular flexibility index (Phi) is 3.78. The van der Waals surface area contributed by atoms with Crippen LogP contribution in [0.4, 0.5) is 0 Å². The van der Waals surface area contributed by atoms with Gasteiger partial charge in [0.25, 0.3) is 5.91 Å². The monoisotopic (exact) mass is 263 g/mol. The van der Waals surface area contributed by atoms with Gasteiger partial charge in [-0.3, -0.25) is 9.59 Å². The number of aromatic nitrogens is 2. The van der Waals surface area contributed by atoms with Crippen LogP contribution in [-0.2, 0) is 4.79 Å². The first-order chi connectivity index (χ1) is 8.97. The van der Waals surface area contributed by atoms with Crippen LogP contribution in [0, 0.1) is 19.8 Å². The third kappa shape index (κ3) is 3.07. The van der Waals surface area contributed by atoms with Gasteiger partial charge in [0.15, 0.2) is 0 Å². The molecule has 1 saturated carbocycles. The Morgan fingerprint density at radius 3 is 2.68 bits per heavy atom. The minimum atomic E-state index is -0.783. The van der Waals surface area contributed by atoms with Gasteiger partial charge in [-0.1, -0.05) is 0 Å². The molecule has 2 unspecified atom stereocenters. The highest BCUT2D eigenvalue weighted by molar-refractivity contribution is 5.95. The predicted octanol–water partition coefficient (Wildman–Crippen LogP) is 1.08. The number of aliphatic carboxylic acids is 1. The van der Waals surface area contributed by atoms with Crippen LogP contribution in [0.5, 0.6) is 0 Å². The number of carbonyl (C=O) groups excluding carboxylic acids is 1. The van der Waals surface area contributed by atoms with Crippen molar-refractivity contribution in [3.63, 3.8) is 0 Å². The van der Waals surface area contributed by atoms with E-state index in [9.17, 15) is 9.59 Å². The van der Waals surface area contributed by atoms with Crippen molar-refractivity contribution >= 4 is 11.9 Å². The van der Waals surface area contributed by atoms with E-state index < -0.39 is 5.97 Å². The van der Waals surface area contributed by atoms with Crippen LogP contribution in [0.2, 0.25) is 0 Å². The Balaban J connectivity index is 2.02. The lowest BCUT2D eigenvalue weighted by atomic mass is 10.1. The van der Waals surface area contributed by atoms with Crippen LogP contribution >= 0.6 is 0 Å². The van der Waals surface area contributed by atoms with Crippen LogP contribution in [0.25, 0.3) is 0 Å². The third-order valence-corrected chi connectivity index (χ3v) is 3.46. The fourth-order valence-electron chi connectivity index (χ4n) is 2.38. The van der Waals surface area contributed by atoms with Gasteiger partial charge in [-0.25, -0.2) is 0 Å². The molecule has 102 valence electrons. The fourth-order valence-corrected chi connectivity index (χ4v) is 2.38. The number of nitrogens with zero attached hydrogens (tertiary/aromatic N) is 2. The van der Waals surface area contributed by atoms with Crippen LogP contribution < -0.4 is 5.32 Å². The Labute approximate surface area is 111 Å². The molecule has 2 atom stereocenters. The Bertz CT molecular complexity index is 516. The van der Waals surface area contributed by atoms with Crippen LogP contribution in [0.3, 0.4) is 0 Å². The number of amides is 1. The van der Waals surface area contributed by atoms with Crippen molar-refractivity contribution in [2.45, 2.75) is 39.2 Å². The largest absolute Gasteiger partial charge is 0.481 e. The second kappa shape index (κ2) is 5.34. The average molecular weight is 263 g/mol. The lowest BCUT2D eigenvalue weighted by Gasteiger charge is -2.13. The standard InChI is InChI=1S/C13H17N3O3/c1-7-5-11(8(2)16-15-7)12(17)14-10-4-3-9(6-10)13(18)19/h5,9-10H,3-4,6H2,1-2H3,(H,14,17)(H,18,19). The normalized spacial score (nSPS) is 22.2. The van der Waals surface area contributed by atoms with Gasteiger partial charge in [-0.15, -0.1) is 0 Å². The molecule has 6 heteroatoms. The van der Waals surface area contributed by atoms with Gasteiger partial charge in [-0.2, -0.15) is 10.2 Å². The van der Waals surface area contributed by atoms with Crippen molar-refractivity contribution < 1.29 is 14.7 Å². The van der Waals surface area contributed by atoms with Crippen molar-refractivity contribution in [1.82, 2.24) is 15.5 Å². The highest BCUT2D eigenvalue weighted by Gasteiger charge is 2.30. The summed E-state index contributed by atoms with van der Waals surface area (Å²) in [6, 6.07) is 1.63. The van der Waals surface area contributed by atoms with Gasteiger partial charge in [0.05, 0.1) is 22.9 Å². The molecule has 19 heavy (non-hydrogen) atoms. The van der Waals surface area contributed by atoms with Crippen LogP contribution in [0.15, 0.2) is 6.07 Å². The molecule has 6 nitrogen and oxygen atoms in total. The van der Waals surface area contributed by atoms with E-state index in [0.717, 1.165) is 0 Å². The Morgan fingerprint density at radius 1 is 1.32 bits per heavy atom. The number of carboxylic acid groups (broad SMARTS) is 1. The predicted molar refractivity (Wildman–Crippen MR) is 67.7 cm³/mol. The molecular formula is C13H17N3O3. The molecular weight excluding hydrogens is 246 g/mol. The van der Waals surface area contributed by atoms with E-state index in [1.807, 2.05) is 0 Å². The summed E-state index contributed by atoms with van der Waals surface area (Å²) in [5, 5.41) is 19.6. The number of nitrogens with one attached hydrogen (secondary N) is 1. The van der Waals surface area contributed by atoms with E-state index >= 15 is 0 Å². The van der Waals surface area contributed by atoms with Gasteiger partial charge in [0.1, 0.15) is 0 Å². The van der Waals surface area contributed by atoms with Crippen LogP contribution in [-0.4, -0.2) is 33.2 Å². The smallest absolute Gasteiger partial charge is 0.306 e. The summed E-state index contributed by atoms with van der Waals surface area (Å²) in [5.41, 5.74) is 1.77. The Hall–Kier alpha value is -1.98. The zero-order valence-corrected chi connectivity index (χ0v) is 11.0. The molecule has 1 aromatic heterocycles. The van der Waals surface area contributed by atoms with E-state index in [0.29, 0.717) is 36.2 Å². The molecule has 1 heterocycles. The van der Waals surface area contributed by atoms with E-state index in [-0.39, 0.29) is 17.9 Å². The first kappa shape index (κ1) is 13.5. The fraction of sp³-hybridized carbons (Fsp3) is 0.538. The number of hydrogen-bond donors (Lipinski definition) is 2. The summed E-state index contributed by atoms with van der Waals surface area (Å²) < 4.78 is 0. The van der Waals surface area contributed by atoms with Gasteiger partial charge in [-0.05, 0) is 39.2 Å². The maximum atomic E-state index is 12.1. The second-order valence-electron chi connectivity index (χ2n) is 5.00. The van der Waals surface area contributed by atoms with E-state index in [4.69, 9.17) is 5.11 Å². The molecule has 2 rings (SSSR count). The van der Waals surface area contributed by atoms with Gasteiger partial charge >= 0.3 is 5.97 Å². The van der Waals surface area contributed by atoms with Crippen LogP contribution in [0.1, 0.15) is 41.0 Å². The molecule has 1 aliphatic rings. The molecule has 1 aliphatic carbocycles. The molecule has 1 aromatic rings. The zero-order chi connectivity index (χ0) is 14.0. The minimum absolute atomic E-state index is 0.0681. The van der Waals surface area contributed by atoms with E-state index in [2.05, 4.69) is 15.5 Å². The number of rotatable bonds is 3. The van der Waals surface area contributed by atoms with Crippen molar-refractivity contribution in [2.24, 2.45) is 5.92 Å². The topological polar surface area (TPSA) is 92.2 Å². The number of carboxylic acids is 1. The molecule has 1 fully saturated rings. The lowest BCUT2D eigenvalue weighted by molar-refractivity contribution is -0.141. The maximum absolute atomic E-state index is 12.1. The molecule has 0 saturated heterocycles. The zero-order valence-electron chi connectivity index (χ0n) is 11.0. The van der Waals surface area contributed by atoms with Gasteiger partial charge < -0.3 is 10.4 Å². The van der Waals surface area contributed by atoms with Crippen molar-refractivity contribution in [3.05, 3.63) is 23.0 Å². The van der Waals surface area contributed by atoms with Crippen molar-refractivity contribution in [3.8, 4) is 0 Å². The maximum Gasteiger partial charge on any atom is 0.306 e. The molecule has 0 radical (unpaired) electrons. The van der Waals surface area contributed by atoms with Gasteiger partial charge in [0, 0.05) is 6.04 Å². The highest BCUT2D eigenvalue weighted by Crippen LogP contribution is 2.25. The molecule has 1 amide bonds. The summed E-state index contributed by atoms with van der Waals surface area (Å²) >= 11 is 0. The quantitative estimate of drug-likeness (QED) is 0.851. The molecule has 0 aromatic carbocycles. The molecule has 2 N–H and O–H groups in total. The van der Waals surface area contributed by atoms with Crippen molar-refractivity contribution in [2.75, 3.05) is 0 Å². The van der Waals surface area contributed by atoms with E-state index in [1.165, 1.54) is 0 Å². The van der Waals surface area contributed by atoms with Gasteiger partial charge in [0.2, 0.25) is 0 Å². The molecule has 0 bridgehead atoms. The first-order valence-electron chi connectivity index (χ1n) is 6.32. The van der Waals surface area contributed by atoms with E-state index in [1.54, 1.807) is 19.9 Å². The first-order valence-corrected chi connectivity index (χ1v) is 6.32. The Morgan fingerprint density at radius 2 is 2.05 bits per heavy atom. The summed E-state index contributed by atoms with van der Waals surface area (Å²) in [5.74, 6) is -1.33. The number of hydrogen-bond acceptors (Lipinski definition) is 4. The molecule has 0 spiro atoms. The minimum Gasteiger partial charge on any atom is -0.481 e. The summed E-state index contributed by atoms with van der Waals surface area (Å²) in [6.45, 7) is 3.51. The second-order valence-corrected chi connectivity index (χ2v) is 5.00. The lowest BCUT2D eigenvalue weighted by Crippen LogP contribution is -2.34. The van der Waals surface area contributed by atoms with Crippen molar-refractivity contribution in [1.29, 1.82) is 0 Å². The summed E-state index contributed by atoms with van der Waals surface area (Å²) in [6.07, 6.45) is 1.82. The SMILES string of the molecule is Cc1cc(C(=O)NC2CCC(C(=O)O)C2)c(C)nn1. The average Bonchev–Trinajstić information content (AvgIpc) is 2.80. The molecule has 0 aliphatic heterocycles. The number of aryl methyl sites for hydroxylation is 2. The number of carbonyl (C=O) groups is 2.